The van der Waals surface area contributed by atoms with E-state index in [1.165, 1.54) is 6.42 Å². The van der Waals surface area contributed by atoms with Crippen molar-refractivity contribution in [3.63, 3.8) is 0 Å². The van der Waals surface area contributed by atoms with Crippen molar-refractivity contribution in [2.45, 2.75) is 45.2 Å². The third-order valence-electron chi connectivity index (χ3n) is 3.18. The highest BCUT2D eigenvalue weighted by atomic mass is 16.5. The lowest BCUT2D eigenvalue weighted by Crippen LogP contribution is -2.33. The summed E-state index contributed by atoms with van der Waals surface area (Å²) in [6.07, 6.45) is 1.19. The van der Waals surface area contributed by atoms with Gasteiger partial charge < -0.3 is 9.84 Å². The first-order valence-electron chi connectivity index (χ1n) is 6.21. The summed E-state index contributed by atoms with van der Waals surface area (Å²) in [5.74, 6) is 1.50. The molecule has 2 rings (SSSR count). The Balaban J connectivity index is 1.96. The molecule has 1 aliphatic rings. The fourth-order valence-electron chi connectivity index (χ4n) is 1.98. The average molecular weight is 238 g/mol. The Bertz CT molecular complexity index is 363. The minimum Gasteiger partial charge on any atom is -0.338 e. The van der Waals surface area contributed by atoms with Crippen molar-refractivity contribution in [1.82, 2.24) is 20.4 Å². The molecular weight excluding hydrogens is 216 g/mol. The van der Waals surface area contributed by atoms with Crippen LogP contribution in [-0.2, 0) is 12.0 Å². The summed E-state index contributed by atoms with van der Waals surface area (Å²) in [5.41, 5.74) is -0.0464. The van der Waals surface area contributed by atoms with Gasteiger partial charge in [0.15, 0.2) is 5.82 Å². The molecule has 1 aromatic heterocycles. The zero-order valence-corrected chi connectivity index (χ0v) is 11.2. The maximum atomic E-state index is 5.30. The van der Waals surface area contributed by atoms with Crippen LogP contribution in [0.4, 0.5) is 0 Å². The molecule has 5 nitrogen and oxygen atoms in total. The molecule has 1 aliphatic heterocycles. The lowest BCUT2D eigenvalue weighted by molar-refractivity contribution is 0.214. The van der Waals surface area contributed by atoms with Gasteiger partial charge in [0.1, 0.15) is 0 Å². The van der Waals surface area contributed by atoms with Crippen LogP contribution in [0.15, 0.2) is 4.52 Å². The summed E-state index contributed by atoms with van der Waals surface area (Å²) in [6.45, 7) is 9.16. The van der Waals surface area contributed by atoms with E-state index in [1.54, 1.807) is 0 Å². The predicted molar refractivity (Wildman–Crippen MR) is 65.7 cm³/mol. The molecule has 1 N–H and O–H groups in total. The van der Waals surface area contributed by atoms with Crippen molar-refractivity contribution >= 4 is 0 Å². The van der Waals surface area contributed by atoms with Gasteiger partial charge in [-0.15, -0.1) is 0 Å². The number of likely N-dealkylation sites (N-methyl/N-ethyl adjacent to an activating group) is 1. The van der Waals surface area contributed by atoms with Gasteiger partial charge in [-0.25, -0.2) is 0 Å². The van der Waals surface area contributed by atoms with Gasteiger partial charge in [0.2, 0.25) is 5.89 Å². The molecule has 1 aromatic rings. The lowest BCUT2D eigenvalue weighted by atomic mass is 9.96. The van der Waals surface area contributed by atoms with Crippen molar-refractivity contribution in [3.05, 3.63) is 11.7 Å². The van der Waals surface area contributed by atoms with Gasteiger partial charge in [0.25, 0.3) is 0 Å². The maximum absolute atomic E-state index is 5.30. The molecule has 1 unspecified atom stereocenters. The van der Waals surface area contributed by atoms with Gasteiger partial charge in [-0.2, -0.15) is 4.98 Å². The Hall–Kier alpha value is -0.940. The number of nitrogens with one attached hydrogen (secondary N) is 1. The highest BCUT2D eigenvalue weighted by Crippen LogP contribution is 2.19. The van der Waals surface area contributed by atoms with Gasteiger partial charge in [0, 0.05) is 18.0 Å². The number of aromatic nitrogens is 2. The number of hydrogen-bond acceptors (Lipinski definition) is 5. The predicted octanol–water partition coefficient (Wildman–Crippen LogP) is 1.16. The van der Waals surface area contributed by atoms with Crippen LogP contribution in [0.1, 0.15) is 38.9 Å². The monoisotopic (exact) mass is 238 g/mol. The minimum atomic E-state index is -0.0464. The highest BCUT2D eigenvalue weighted by Gasteiger charge is 2.24. The van der Waals surface area contributed by atoms with Crippen LogP contribution in [0.5, 0.6) is 0 Å². The molecule has 1 atom stereocenters. The Morgan fingerprint density at radius 1 is 1.47 bits per heavy atom. The van der Waals surface area contributed by atoms with Crippen molar-refractivity contribution in [1.29, 1.82) is 0 Å². The van der Waals surface area contributed by atoms with E-state index in [4.69, 9.17) is 4.52 Å². The van der Waals surface area contributed by atoms with E-state index in [0.29, 0.717) is 11.9 Å². The van der Waals surface area contributed by atoms with Crippen molar-refractivity contribution in [2.24, 2.45) is 0 Å². The molecule has 2 heterocycles. The van der Waals surface area contributed by atoms with Crippen molar-refractivity contribution < 1.29 is 4.52 Å². The summed E-state index contributed by atoms with van der Waals surface area (Å²) >= 11 is 0. The fraction of sp³-hybridized carbons (Fsp3) is 0.833. The molecule has 0 saturated carbocycles. The molecule has 0 aliphatic carbocycles. The largest absolute Gasteiger partial charge is 0.338 e. The molecule has 0 bridgehead atoms. The van der Waals surface area contributed by atoms with Gasteiger partial charge in [-0.1, -0.05) is 25.9 Å². The van der Waals surface area contributed by atoms with E-state index in [0.717, 1.165) is 25.5 Å². The molecule has 0 amide bonds. The van der Waals surface area contributed by atoms with Crippen LogP contribution in [0.25, 0.3) is 0 Å². The Morgan fingerprint density at radius 3 is 2.76 bits per heavy atom. The zero-order valence-electron chi connectivity index (χ0n) is 11.2. The zero-order chi connectivity index (χ0) is 12.5. The third-order valence-corrected chi connectivity index (χ3v) is 3.18. The summed E-state index contributed by atoms with van der Waals surface area (Å²) in [5, 5.41) is 7.40. The number of rotatable bonds is 3. The van der Waals surface area contributed by atoms with E-state index >= 15 is 0 Å². The minimum absolute atomic E-state index is 0.0464. The van der Waals surface area contributed by atoms with Crippen molar-refractivity contribution in [3.8, 4) is 0 Å². The van der Waals surface area contributed by atoms with Crippen LogP contribution in [-0.4, -0.2) is 41.2 Å². The topological polar surface area (TPSA) is 54.2 Å². The van der Waals surface area contributed by atoms with Gasteiger partial charge >= 0.3 is 0 Å². The van der Waals surface area contributed by atoms with Gasteiger partial charge in [-0.05, 0) is 20.0 Å². The first-order valence-corrected chi connectivity index (χ1v) is 6.21. The van der Waals surface area contributed by atoms with Crippen LogP contribution < -0.4 is 5.32 Å². The molecule has 0 spiro atoms. The summed E-state index contributed by atoms with van der Waals surface area (Å²) < 4.78 is 5.30. The van der Waals surface area contributed by atoms with E-state index < -0.39 is 0 Å². The molecule has 1 saturated heterocycles. The summed E-state index contributed by atoms with van der Waals surface area (Å²) in [7, 11) is 2.11. The molecule has 1 fully saturated rings. The third kappa shape index (κ3) is 3.04. The SMILES string of the molecule is CN(Cc1nc(C(C)(C)C)no1)C1CCNC1. The molecule has 0 radical (unpaired) electrons. The Labute approximate surface area is 103 Å². The second-order valence-corrected chi connectivity index (χ2v) is 5.82. The second-order valence-electron chi connectivity index (χ2n) is 5.82. The van der Waals surface area contributed by atoms with Gasteiger partial charge in [-0.3, -0.25) is 4.90 Å². The normalized spacial score (nSPS) is 21.4. The average Bonchev–Trinajstić information content (AvgIpc) is 2.85. The quantitative estimate of drug-likeness (QED) is 0.856. The fourth-order valence-corrected chi connectivity index (χ4v) is 1.98. The number of nitrogens with zero attached hydrogens (tertiary/aromatic N) is 3. The van der Waals surface area contributed by atoms with E-state index in [-0.39, 0.29) is 5.41 Å². The molecule has 17 heavy (non-hydrogen) atoms. The number of hydrogen-bond donors (Lipinski definition) is 1. The van der Waals surface area contributed by atoms with Crippen LogP contribution in [0.2, 0.25) is 0 Å². The first-order chi connectivity index (χ1) is 7.97. The van der Waals surface area contributed by atoms with E-state index in [2.05, 4.69) is 48.2 Å². The first kappa shape index (κ1) is 12.5. The maximum Gasteiger partial charge on any atom is 0.240 e. The smallest absolute Gasteiger partial charge is 0.240 e. The highest BCUT2D eigenvalue weighted by molar-refractivity contribution is 5.00. The second kappa shape index (κ2) is 4.74. The van der Waals surface area contributed by atoms with Crippen LogP contribution >= 0.6 is 0 Å². The lowest BCUT2D eigenvalue weighted by Gasteiger charge is -2.21. The summed E-state index contributed by atoms with van der Waals surface area (Å²) in [6, 6.07) is 0.583. The molecular formula is C12H22N4O. The molecule has 5 heteroatoms. The molecule has 0 aromatic carbocycles. The van der Waals surface area contributed by atoms with E-state index in [1.807, 2.05) is 0 Å². The van der Waals surface area contributed by atoms with E-state index in [9.17, 15) is 0 Å². The molecule has 96 valence electrons. The van der Waals surface area contributed by atoms with Gasteiger partial charge in [0.05, 0.1) is 6.54 Å². The van der Waals surface area contributed by atoms with Crippen molar-refractivity contribution in [2.75, 3.05) is 20.1 Å². The summed E-state index contributed by atoms with van der Waals surface area (Å²) in [4.78, 5) is 6.73. The Kier molecular flexibility index (Phi) is 3.49. The van der Waals surface area contributed by atoms with Crippen LogP contribution in [0.3, 0.4) is 0 Å². The Morgan fingerprint density at radius 2 is 2.24 bits per heavy atom. The van der Waals surface area contributed by atoms with Crippen LogP contribution in [0, 0.1) is 0 Å². The standard InChI is InChI=1S/C12H22N4O/c1-12(2,3)11-14-10(17-15-11)8-16(4)9-5-6-13-7-9/h9,13H,5-8H2,1-4H3.